The highest BCUT2D eigenvalue weighted by atomic mass is 19.4. The van der Waals surface area contributed by atoms with E-state index in [0.29, 0.717) is 16.7 Å². The molecule has 5 heteroatoms. The Bertz CT molecular complexity index is 556. The average molecular weight is 283 g/mol. The van der Waals surface area contributed by atoms with Gasteiger partial charge in [-0.1, -0.05) is 12.1 Å². The van der Waals surface area contributed by atoms with Gasteiger partial charge in [-0.3, -0.25) is 4.79 Å². The van der Waals surface area contributed by atoms with E-state index in [1.54, 1.807) is 19.9 Å². The van der Waals surface area contributed by atoms with Crippen molar-refractivity contribution in [1.82, 2.24) is 5.32 Å². The Kier molecular flexibility index (Phi) is 3.88. The van der Waals surface area contributed by atoms with Crippen molar-refractivity contribution in [3.63, 3.8) is 0 Å². The Morgan fingerprint density at radius 1 is 1.25 bits per heavy atom. The number of rotatable bonds is 3. The Balaban J connectivity index is 2.26. The number of benzene rings is 1. The van der Waals surface area contributed by atoms with Crippen LogP contribution in [0.1, 0.15) is 37.8 Å². The molecule has 2 rings (SSSR count). The van der Waals surface area contributed by atoms with Crippen LogP contribution in [-0.2, 0) is 11.0 Å². The fourth-order valence-corrected chi connectivity index (χ4v) is 1.84. The molecule has 1 N–H and O–H groups in total. The van der Waals surface area contributed by atoms with Gasteiger partial charge in [-0.2, -0.15) is 13.2 Å². The molecule has 1 saturated carbocycles. The molecule has 1 aromatic carbocycles. The van der Waals surface area contributed by atoms with Gasteiger partial charge in [-0.05, 0) is 50.0 Å². The fraction of sp³-hybridized carbons (Fsp3) is 0.400. The van der Waals surface area contributed by atoms with Crippen molar-refractivity contribution < 1.29 is 18.0 Å². The summed E-state index contributed by atoms with van der Waals surface area (Å²) in [5.74, 6) is -0.206. The van der Waals surface area contributed by atoms with E-state index in [2.05, 4.69) is 5.32 Å². The van der Waals surface area contributed by atoms with E-state index in [9.17, 15) is 18.0 Å². The molecule has 0 heterocycles. The van der Waals surface area contributed by atoms with Crippen molar-refractivity contribution in [2.24, 2.45) is 0 Å². The lowest BCUT2D eigenvalue weighted by atomic mass is 9.99. The summed E-state index contributed by atoms with van der Waals surface area (Å²) in [5, 5.41) is 2.83. The fourth-order valence-electron chi connectivity index (χ4n) is 1.84. The number of halogens is 3. The third kappa shape index (κ3) is 3.40. The van der Waals surface area contributed by atoms with E-state index in [0.717, 1.165) is 25.0 Å². The Morgan fingerprint density at radius 2 is 1.90 bits per heavy atom. The van der Waals surface area contributed by atoms with Crippen molar-refractivity contribution in [3.8, 4) is 0 Å². The van der Waals surface area contributed by atoms with E-state index in [-0.39, 0.29) is 11.9 Å². The quantitative estimate of drug-likeness (QED) is 0.840. The Morgan fingerprint density at radius 3 is 2.45 bits per heavy atom. The summed E-state index contributed by atoms with van der Waals surface area (Å²) >= 11 is 0. The van der Waals surface area contributed by atoms with Crippen LogP contribution in [0.2, 0.25) is 0 Å². The minimum Gasteiger partial charge on any atom is -0.350 e. The normalized spacial score (nSPS) is 16.6. The van der Waals surface area contributed by atoms with Crippen LogP contribution < -0.4 is 5.32 Å². The van der Waals surface area contributed by atoms with E-state index in [4.69, 9.17) is 0 Å². The molecule has 0 bridgehead atoms. The third-order valence-electron chi connectivity index (χ3n) is 3.44. The summed E-state index contributed by atoms with van der Waals surface area (Å²) < 4.78 is 38.0. The summed E-state index contributed by atoms with van der Waals surface area (Å²) in [7, 11) is 0. The van der Waals surface area contributed by atoms with Crippen LogP contribution in [0.15, 0.2) is 29.8 Å². The second kappa shape index (κ2) is 5.31. The molecule has 0 radical (unpaired) electrons. The number of amides is 1. The molecule has 1 aliphatic carbocycles. The number of nitrogens with one attached hydrogen (secondary N) is 1. The first-order valence-electron chi connectivity index (χ1n) is 6.45. The molecule has 0 unspecified atom stereocenters. The smallest absolute Gasteiger partial charge is 0.350 e. The van der Waals surface area contributed by atoms with Crippen molar-refractivity contribution in [2.75, 3.05) is 0 Å². The summed E-state index contributed by atoms with van der Waals surface area (Å²) in [6, 6.07) is 5.26. The van der Waals surface area contributed by atoms with Gasteiger partial charge in [0.2, 0.25) is 5.91 Å². The maximum atomic E-state index is 12.7. The van der Waals surface area contributed by atoms with Gasteiger partial charge in [0, 0.05) is 11.6 Å². The topological polar surface area (TPSA) is 29.1 Å². The minimum atomic E-state index is -4.37. The van der Waals surface area contributed by atoms with Crippen LogP contribution in [0.25, 0.3) is 5.57 Å². The zero-order chi connectivity index (χ0) is 14.9. The molecule has 0 aromatic heterocycles. The lowest BCUT2D eigenvalue weighted by Crippen LogP contribution is -2.26. The molecule has 0 saturated heterocycles. The van der Waals surface area contributed by atoms with E-state index in [1.807, 2.05) is 0 Å². The summed E-state index contributed by atoms with van der Waals surface area (Å²) in [6.07, 6.45) is -2.43. The first kappa shape index (κ1) is 14.6. The summed E-state index contributed by atoms with van der Waals surface area (Å²) in [4.78, 5) is 11.9. The second-order valence-corrected chi connectivity index (χ2v) is 5.08. The number of carbonyl (C=O) groups excluding carboxylic acids is 1. The highest BCUT2D eigenvalue weighted by Crippen LogP contribution is 2.31. The Hall–Kier alpha value is -1.78. The number of allylic oxidation sites excluding steroid dienone is 1. The molecule has 20 heavy (non-hydrogen) atoms. The van der Waals surface area contributed by atoms with Crippen LogP contribution >= 0.6 is 0 Å². The first-order chi connectivity index (χ1) is 9.29. The van der Waals surface area contributed by atoms with Gasteiger partial charge in [0.05, 0.1) is 5.56 Å². The van der Waals surface area contributed by atoms with Crippen LogP contribution in [0.3, 0.4) is 0 Å². The van der Waals surface area contributed by atoms with E-state index >= 15 is 0 Å². The third-order valence-corrected chi connectivity index (χ3v) is 3.44. The monoisotopic (exact) mass is 283 g/mol. The molecule has 1 aromatic rings. The number of hydrogen-bond donors (Lipinski definition) is 1. The van der Waals surface area contributed by atoms with Crippen LogP contribution in [0.4, 0.5) is 13.2 Å². The van der Waals surface area contributed by atoms with Gasteiger partial charge in [-0.25, -0.2) is 0 Å². The maximum absolute atomic E-state index is 12.7. The summed E-state index contributed by atoms with van der Waals surface area (Å²) in [6.45, 7) is 3.30. The molecule has 1 aliphatic rings. The van der Waals surface area contributed by atoms with Gasteiger partial charge in [0.15, 0.2) is 0 Å². The standard InChI is InChI=1S/C15H16F3NO/c1-9(10(2)14(20)19-13-6-7-13)11-4-3-5-12(8-11)15(16,17)18/h3-5,8,13H,6-7H2,1-2H3,(H,19,20)/b10-9+. The van der Waals surface area contributed by atoms with Crippen molar-refractivity contribution in [1.29, 1.82) is 0 Å². The number of hydrogen-bond acceptors (Lipinski definition) is 1. The van der Waals surface area contributed by atoms with Crippen LogP contribution in [0, 0.1) is 0 Å². The van der Waals surface area contributed by atoms with Crippen molar-refractivity contribution in [3.05, 3.63) is 41.0 Å². The Labute approximate surface area is 115 Å². The van der Waals surface area contributed by atoms with Gasteiger partial charge in [0.1, 0.15) is 0 Å². The van der Waals surface area contributed by atoms with Crippen LogP contribution in [0.5, 0.6) is 0 Å². The molecule has 108 valence electrons. The van der Waals surface area contributed by atoms with Gasteiger partial charge in [-0.15, -0.1) is 0 Å². The lowest BCUT2D eigenvalue weighted by molar-refractivity contribution is -0.137. The molecule has 0 aliphatic heterocycles. The molecule has 0 spiro atoms. The van der Waals surface area contributed by atoms with Crippen LogP contribution in [-0.4, -0.2) is 11.9 Å². The predicted molar refractivity (Wildman–Crippen MR) is 70.9 cm³/mol. The zero-order valence-electron chi connectivity index (χ0n) is 11.3. The van der Waals surface area contributed by atoms with E-state index in [1.165, 1.54) is 6.07 Å². The second-order valence-electron chi connectivity index (χ2n) is 5.08. The maximum Gasteiger partial charge on any atom is 0.416 e. The predicted octanol–water partition coefficient (Wildman–Crippen LogP) is 3.78. The molecule has 2 nitrogen and oxygen atoms in total. The summed E-state index contributed by atoms with van der Waals surface area (Å²) in [5.41, 5.74) is 0.735. The lowest BCUT2D eigenvalue weighted by Gasteiger charge is -2.11. The molecule has 1 amide bonds. The zero-order valence-corrected chi connectivity index (χ0v) is 11.3. The highest BCUT2D eigenvalue weighted by Gasteiger charge is 2.30. The molecule has 0 atom stereocenters. The minimum absolute atomic E-state index is 0.206. The van der Waals surface area contributed by atoms with Crippen molar-refractivity contribution in [2.45, 2.75) is 38.9 Å². The van der Waals surface area contributed by atoms with Gasteiger partial charge in [0.25, 0.3) is 0 Å². The molecule has 1 fully saturated rings. The highest BCUT2D eigenvalue weighted by molar-refractivity contribution is 6.00. The molecular formula is C15H16F3NO. The largest absolute Gasteiger partial charge is 0.416 e. The first-order valence-corrected chi connectivity index (χ1v) is 6.45. The number of alkyl halides is 3. The van der Waals surface area contributed by atoms with Gasteiger partial charge < -0.3 is 5.32 Å². The SMILES string of the molecule is C/C(C(=O)NC1CC1)=C(/C)c1cccc(C(F)(F)F)c1. The van der Waals surface area contributed by atoms with Gasteiger partial charge >= 0.3 is 6.18 Å². The average Bonchev–Trinajstić information content (AvgIpc) is 3.20. The van der Waals surface area contributed by atoms with Crippen molar-refractivity contribution >= 4 is 11.5 Å². The molecular weight excluding hydrogens is 267 g/mol. The van der Waals surface area contributed by atoms with E-state index < -0.39 is 11.7 Å². The number of carbonyl (C=O) groups is 1.